The first-order valence-corrected chi connectivity index (χ1v) is 8.28. The van der Waals surface area contributed by atoms with Crippen LogP contribution in [0.1, 0.15) is 31.9 Å². The van der Waals surface area contributed by atoms with Gasteiger partial charge in [0, 0.05) is 11.4 Å². The lowest BCUT2D eigenvalue weighted by molar-refractivity contribution is 0.590. The molecule has 130 valence electrons. The van der Waals surface area contributed by atoms with Crippen molar-refractivity contribution in [2.45, 2.75) is 26.2 Å². The van der Waals surface area contributed by atoms with Gasteiger partial charge in [-0.05, 0) is 41.3 Å². The van der Waals surface area contributed by atoms with E-state index in [1.165, 1.54) is 5.56 Å². The van der Waals surface area contributed by atoms with E-state index in [0.717, 1.165) is 11.4 Å². The van der Waals surface area contributed by atoms with E-state index in [9.17, 15) is 0 Å². The second kappa shape index (κ2) is 7.19. The Hall–Kier alpha value is -3.46. The molecule has 1 heterocycles. The van der Waals surface area contributed by atoms with Crippen LogP contribution in [-0.2, 0) is 5.41 Å². The van der Waals surface area contributed by atoms with Gasteiger partial charge in [-0.1, -0.05) is 39.0 Å². The molecule has 2 N–H and O–H groups in total. The van der Waals surface area contributed by atoms with Crippen molar-refractivity contribution in [3.63, 3.8) is 0 Å². The summed E-state index contributed by atoms with van der Waals surface area (Å²) in [5.74, 6) is 0.943. The summed E-state index contributed by atoms with van der Waals surface area (Å²) in [6, 6.07) is 17.5. The molecule has 0 unspecified atom stereocenters. The van der Waals surface area contributed by atoms with E-state index in [4.69, 9.17) is 5.26 Å². The Morgan fingerprint density at radius 2 is 1.73 bits per heavy atom. The minimum absolute atomic E-state index is 0.115. The van der Waals surface area contributed by atoms with E-state index in [-0.39, 0.29) is 5.41 Å². The van der Waals surface area contributed by atoms with Gasteiger partial charge in [0.15, 0.2) is 5.82 Å². The highest BCUT2D eigenvalue weighted by Crippen LogP contribution is 2.24. The van der Waals surface area contributed by atoms with E-state index in [0.29, 0.717) is 17.3 Å². The van der Waals surface area contributed by atoms with Gasteiger partial charge in [-0.3, -0.25) is 0 Å². The molecule has 26 heavy (non-hydrogen) atoms. The molecule has 3 rings (SSSR count). The van der Waals surface area contributed by atoms with Gasteiger partial charge in [-0.2, -0.15) is 15.3 Å². The fourth-order valence-corrected chi connectivity index (χ4v) is 2.41. The maximum absolute atomic E-state index is 8.97. The van der Waals surface area contributed by atoms with Crippen molar-refractivity contribution in [3.05, 3.63) is 65.9 Å². The summed E-state index contributed by atoms with van der Waals surface area (Å²) in [5.41, 5.74) is 3.61. The highest BCUT2D eigenvalue weighted by Gasteiger charge is 2.13. The van der Waals surface area contributed by atoms with Gasteiger partial charge in [0.2, 0.25) is 5.95 Å². The van der Waals surface area contributed by atoms with Crippen molar-refractivity contribution in [2.24, 2.45) is 0 Å². The molecule has 0 fully saturated rings. The van der Waals surface area contributed by atoms with Crippen molar-refractivity contribution in [3.8, 4) is 6.07 Å². The Bertz CT molecular complexity index is 936. The number of nitrogens with zero attached hydrogens (tertiary/aromatic N) is 4. The zero-order chi connectivity index (χ0) is 18.6. The number of benzene rings is 2. The van der Waals surface area contributed by atoms with Crippen LogP contribution < -0.4 is 10.6 Å². The molecule has 0 aliphatic carbocycles. The quantitative estimate of drug-likeness (QED) is 0.723. The average molecular weight is 344 g/mol. The summed E-state index contributed by atoms with van der Waals surface area (Å²) in [4.78, 5) is 4.41. The molecular formula is C20H20N6. The van der Waals surface area contributed by atoms with Crippen LogP contribution in [0.15, 0.2) is 54.7 Å². The van der Waals surface area contributed by atoms with Gasteiger partial charge >= 0.3 is 0 Å². The highest BCUT2D eigenvalue weighted by molar-refractivity contribution is 5.60. The van der Waals surface area contributed by atoms with Gasteiger partial charge in [0.05, 0.1) is 17.8 Å². The second-order valence-electron chi connectivity index (χ2n) is 6.94. The fourth-order valence-electron chi connectivity index (χ4n) is 2.41. The Balaban J connectivity index is 1.74. The van der Waals surface area contributed by atoms with E-state index < -0.39 is 0 Å². The molecule has 0 radical (unpaired) electrons. The summed E-state index contributed by atoms with van der Waals surface area (Å²) in [7, 11) is 0. The normalized spacial score (nSPS) is 10.8. The number of anilines is 4. The molecule has 0 bridgehead atoms. The number of nitrogens with one attached hydrogen (secondary N) is 2. The lowest BCUT2D eigenvalue weighted by atomic mass is 9.87. The van der Waals surface area contributed by atoms with Crippen LogP contribution in [0, 0.1) is 11.3 Å². The molecule has 0 saturated carbocycles. The highest BCUT2D eigenvalue weighted by atomic mass is 15.3. The standard InChI is InChI=1S/C20H20N6/c1-20(2,3)15-7-9-16(10-8-15)23-18-13-22-26-19(25-18)24-17-6-4-5-14(11-17)12-21/h4-11,13H,1-3H3,(H2,23,24,25,26). The molecule has 2 aromatic carbocycles. The van der Waals surface area contributed by atoms with E-state index in [2.05, 4.69) is 64.8 Å². The zero-order valence-corrected chi connectivity index (χ0v) is 15.0. The van der Waals surface area contributed by atoms with Gasteiger partial charge in [-0.15, -0.1) is 5.10 Å². The van der Waals surface area contributed by atoms with Crippen LogP contribution in [0.2, 0.25) is 0 Å². The summed E-state index contributed by atoms with van der Waals surface area (Å²) < 4.78 is 0. The van der Waals surface area contributed by atoms with E-state index in [1.807, 2.05) is 18.2 Å². The smallest absolute Gasteiger partial charge is 0.249 e. The largest absolute Gasteiger partial charge is 0.339 e. The first-order chi connectivity index (χ1) is 12.4. The van der Waals surface area contributed by atoms with E-state index in [1.54, 1.807) is 24.4 Å². The number of rotatable bonds is 4. The van der Waals surface area contributed by atoms with E-state index >= 15 is 0 Å². The summed E-state index contributed by atoms with van der Waals surface area (Å²) in [6.07, 6.45) is 1.56. The summed E-state index contributed by atoms with van der Waals surface area (Å²) in [6.45, 7) is 6.55. The first kappa shape index (κ1) is 17.4. The Kier molecular flexibility index (Phi) is 4.81. The Labute approximate surface area is 152 Å². The number of hydrogen-bond acceptors (Lipinski definition) is 6. The van der Waals surface area contributed by atoms with Crippen LogP contribution in [0.25, 0.3) is 0 Å². The van der Waals surface area contributed by atoms with Gasteiger partial charge < -0.3 is 10.6 Å². The monoisotopic (exact) mass is 344 g/mol. The zero-order valence-electron chi connectivity index (χ0n) is 15.0. The molecule has 0 amide bonds. The minimum atomic E-state index is 0.115. The summed E-state index contributed by atoms with van der Waals surface area (Å²) in [5, 5.41) is 23.2. The topological polar surface area (TPSA) is 86.5 Å². The molecule has 0 atom stereocenters. The first-order valence-electron chi connectivity index (χ1n) is 8.28. The van der Waals surface area contributed by atoms with Crippen LogP contribution in [-0.4, -0.2) is 15.2 Å². The van der Waals surface area contributed by atoms with Gasteiger partial charge in [0.1, 0.15) is 0 Å². The van der Waals surface area contributed by atoms with Crippen molar-refractivity contribution in [1.29, 1.82) is 5.26 Å². The molecular weight excluding hydrogens is 324 g/mol. The summed E-state index contributed by atoms with van der Waals surface area (Å²) >= 11 is 0. The van der Waals surface area contributed by atoms with Crippen molar-refractivity contribution in [2.75, 3.05) is 10.6 Å². The number of aromatic nitrogens is 3. The average Bonchev–Trinajstić information content (AvgIpc) is 2.62. The molecule has 0 aliphatic rings. The van der Waals surface area contributed by atoms with Crippen LogP contribution >= 0.6 is 0 Å². The van der Waals surface area contributed by atoms with Gasteiger partial charge in [-0.25, -0.2) is 0 Å². The maximum Gasteiger partial charge on any atom is 0.249 e. The second-order valence-corrected chi connectivity index (χ2v) is 6.94. The van der Waals surface area contributed by atoms with Crippen molar-refractivity contribution in [1.82, 2.24) is 15.2 Å². The SMILES string of the molecule is CC(C)(C)c1ccc(Nc2cnnc(Nc3cccc(C#N)c3)n2)cc1. The fraction of sp³-hybridized carbons (Fsp3) is 0.200. The van der Waals surface area contributed by atoms with Crippen molar-refractivity contribution < 1.29 is 0 Å². The Morgan fingerprint density at radius 3 is 2.42 bits per heavy atom. The number of nitriles is 1. The molecule has 0 saturated heterocycles. The lowest BCUT2D eigenvalue weighted by Crippen LogP contribution is -2.10. The minimum Gasteiger partial charge on any atom is -0.339 e. The molecule has 3 aromatic rings. The van der Waals surface area contributed by atoms with Crippen LogP contribution in [0.4, 0.5) is 23.1 Å². The molecule has 6 nitrogen and oxygen atoms in total. The maximum atomic E-state index is 8.97. The van der Waals surface area contributed by atoms with Gasteiger partial charge in [0.25, 0.3) is 0 Å². The predicted octanol–water partition coefficient (Wildman–Crippen LogP) is 4.53. The predicted molar refractivity (Wildman–Crippen MR) is 103 cm³/mol. The molecule has 6 heteroatoms. The molecule has 0 aliphatic heterocycles. The van der Waals surface area contributed by atoms with Crippen molar-refractivity contribution >= 4 is 23.1 Å². The lowest BCUT2D eigenvalue weighted by Gasteiger charge is -2.19. The number of hydrogen-bond donors (Lipinski definition) is 2. The van der Waals surface area contributed by atoms with Crippen LogP contribution in [0.5, 0.6) is 0 Å². The van der Waals surface area contributed by atoms with Crippen LogP contribution in [0.3, 0.4) is 0 Å². The third kappa shape index (κ3) is 4.33. The molecule has 1 aromatic heterocycles. The third-order valence-electron chi connectivity index (χ3n) is 3.83. The third-order valence-corrected chi connectivity index (χ3v) is 3.83. The molecule has 0 spiro atoms. The Morgan fingerprint density at radius 1 is 0.962 bits per heavy atom.